The summed E-state index contributed by atoms with van der Waals surface area (Å²) in [6.45, 7) is 2.20. The topological polar surface area (TPSA) is 34.1 Å². The Morgan fingerprint density at radius 3 is 2.67 bits per heavy atom. The van der Waals surface area contributed by atoms with Crippen LogP contribution < -0.4 is 0 Å². The maximum Gasteiger partial charge on any atom is 0.133 e. The van der Waals surface area contributed by atoms with Gasteiger partial charge in [0.05, 0.1) is 0 Å². The molecule has 0 radical (unpaired) electrons. The summed E-state index contributed by atoms with van der Waals surface area (Å²) in [5.74, 6) is 0.748. The van der Waals surface area contributed by atoms with Crippen LogP contribution in [0.5, 0.6) is 0 Å². The lowest BCUT2D eigenvalue weighted by atomic mass is 9.80. The fraction of sp³-hybridized carbons (Fsp3) is 0.875. The molecule has 1 fully saturated rings. The molecule has 0 unspecified atom stereocenters. The van der Waals surface area contributed by atoms with Crippen molar-refractivity contribution in [1.29, 1.82) is 0 Å². The number of rotatable bonds is 5. The predicted octanol–water partition coefficient (Wildman–Crippen LogP) is 4.31. The molecule has 18 heavy (non-hydrogen) atoms. The van der Waals surface area contributed by atoms with Gasteiger partial charge in [0.1, 0.15) is 12.1 Å². The number of hydrogen-bond acceptors (Lipinski definition) is 2. The summed E-state index contributed by atoms with van der Waals surface area (Å²) < 4.78 is 0. The van der Waals surface area contributed by atoms with Gasteiger partial charge in [0, 0.05) is 18.8 Å². The third kappa shape index (κ3) is 5.79. The fourth-order valence-electron chi connectivity index (χ4n) is 3.00. The molecule has 1 aliphatic carbocycles. The van der Waals surface area contributed by atoms with Gasteiger partial charge in [-0.25, -0.2) is 0 Å². The second-order valence-corrected chi connectivity index (χ2v) is 5.75. The van der Waals surface area contributed by atoms with Crippen LogP contribution in [0.4, 0.5) is 0 Å². The lowest BCUT2D eigenvalue weighted by Gasteiger charge is -2.23. The summed E-state index contributed by atoms with van der Waals surface area (Å²) in [7, 11) is 0. The number of Topliss-reactive ketones (excluding diaryl/α,β-unsaturated/α-hetero) is 1. The fourth-order valence-corrected chi connectivity index (χ4v) is 3.00. The van der Waals surface area contributed by atoms with Crippen LogP contribution in [-0.4, -0.2) is 12.1 Å². The SMILES string of the molecule is CCCCC[C@H]1CCCCCCC(=O)C[C@@H]1C=O. The molecule has 0 aromatic carbocycles. The Bertz CT molecular complexity index is 245. The first kappa shape index (κ1) is 15.4. The summed E-state index contributed by atoms with van der Waals surface area (Å²) in [5.41, 5.74) is 0. The Labute approximate surface area is 112 Å². The minimum atomic E-state index is -0.00699. The standard InChI is InChI=1S/C16H28O2/c1-2-3-6-9-14-10-7-4-5-8-11-16(18)12-15(14)13-17/h13-15H,2-12H2,1H3/t14-,15+/m0/s1. The van der Waals surface area contributed by atoms with Crippen molar-refractivity contribution in [2.45, 2.75) is 77.6 Å². The average molecular weight is 252 g/mol. The van der Waals surface area contributed by atoms with Crippen LogP contribution in [0.15, 0.2) is 0 Å². The minimum absolute atomic E-state index is 0.00699. The lowest BCUT2D eigenvalue weighted by Crippen LogP contribution is -2.21. The molecule has 2 atom stereocenters. The molecule has 0 aliphatic heterocycles. The molecule has 0 N–H and O–H groups in total. The number of carbonyl (C=O) groups is 2. The lowest BCUT2D eigenvalue weighted by molar-refractivity contribution is -0.124. The monoisotopic (exact) mass is 252 g/mol. The second kappa shape index (κ2) is 9.29. The highest BCUT2D eigenvalue weighted by molar-refractivity contribution is 5.81. The summed E-state index contributed by atoms with van der Waals surface area (Å²) in [4.78, 5) is 23.0. The molecule has 1 aliphatic rings. The van der Waals surface area contributed by atoms with E-state index in [4.69, 9.17) is 0 Å². The zero-order valence-corrected chi connectivity index (χ0v) is 11.8. The largest absolute Gasteiger partial charge is 0.303 e. The molecule has 0 bridgehead atoms. The van der Waals surface area contributed by atoms with Gasteiger partial charge < -0.3 is 4.79 Å². The maximum absolute atomic E-state index is 11.8. The summed E-state index contributed by atoms with van der Waals surface area (Å²) in [6.07, 6.45) is 12.8. The van der Waals surface area contributed by atoms with E-state index < -0.39 is 0 Å². The van der Waals surface area contributed by atoms with Gasteiger partial charge in [0.25, 0.3) is 0 Å². The van der Waals surface area contributed by atoms with Gasteiger partial charge in [-0.05, 0) is 25.2 Å². The molecule has 2 heteroatoms. The molecule has 1 saturated carbocycles. The average Bonchev–Trinajstić information content (AvgIpc) is 2.38. The molecule has 104 valence electrons. The number of aldehydes is 1. The van der Waals surface area contributed by atoms with Crippen LogP contribution in [0, 0.1) is 11.8 Å². The van der Waals surface area contributed by atoms with Crippen molar-refractivity contribution < 1.29 is 9.59 Å². The van der Waals surface area contributed by atoms with E-state index in [-0.39, 0.29) is 5.92 Å². The Kier molecular flexibility index (Phi) is 7.95. The van der Waals surface area contributed by atoms with Gasteiger partial charge in [-0.15, -0.1) is 0 Å². The van der Waals surface area contributed by atoms with Crippen molar-refractivity contribution in [3.05, 3.63) is 0 Å². The van der Waals surface area contributed by atoms with Crippen molar-refractivity contribution in [2.24, 2.45) is 11.8 Å². The van der Waals surface area contributed by atoms with E-state index in [1.807, 2.05) is 0 Å². The third-order valence-electron chi connectivity index (χ3n) is 4.20. The van der Waals surface area contributed by atoms with Crippen LogP contribution in [0.3, 0.4) is 0 Å². The smallest absolute Gasteiger partial charge is 0.133 e. The normalized spacial score (nSPS) is 26.8. The van der Waals surface area contributed by atoms with Crippen LogP contribution in [-0.2, 0) is 9.59 Å². The van der Waals surface area contributed by atoms with Gasteiger partial charge in [0.2, 0.25) is 0 Å². The van der Waals surface area contributed by atoms with Gasteiger partial charge >= 0.3 is 0 Å². The van der Waals surface area contributed by atoms with Crippen molar-refractivity contribution in [3.63, 3.8) is 0 Å². The first-order valence-corrected chi connectivity index (χ1v) is 7.75. The molecule has 0 amide bonds. The molecular formula is C16H28O2. The van der Waals surface area contributed by atoms with E-state index >= 15 is 0 Å². The summed E-state index contributed by atoms with van der Waals surface area (Å²) >= 11 is 0. The van der Waals surface area contributed by atoms with Crippen LogP contribution >= 0.6 is 0 Å². The van der Waals surface area contributed by atoms with Gasteiger partial charge in [-0.2, -0.15) is 0 Å². The van der Waals surface area contributed by atoms with E-state index in [1.54, 1.807) is 0 Å². The zero-order valence-electron chi connectivity index (χ0n) is 11.8. The Hall–Kier alpha value is -0.660. The number of carbonyl (C=O) groups excluding carboxylic acids is 2. The first-order chi connectivity index (χ1) is 8.77. The molecule has 0 aromatic heterocycles. The number of unbranched alkanes of at least 4 members (excludes halogenated alkanes) is 2. The molecule has 1 rings (SSSR count). The highest BCUT2D eigenvalue weighted by atomic mass is 16.1. The second-order valence-electron chi connectivity index (χ2n) is 5.75. The van der Waals surface area contributed by atoms with Crippen molar-refractivity contribution in [2.75, 3.05) is 0 Å². The highest BCUT2D eigenvalue weighted by Gasteiger charge is 2.23. The quantitative estimate of drug-likeness (QED) is 0.539. The molecule has 0 spiro atoms. The van der Waals surface area contributed by atoms with Crippen LogP contribution in [0.25, 0.3) is 0 Å². The maximum atomic E-state index is 11.8. The van der Waals surface area contributed by atoms with E-state index in [9.17, 15) is 9.59 Å². The van der Waals surface area contributed by atoms with E-state index in [2.05, 4.69) is 6.92 Å². The summed E-state index contributed by atoms with van der Waals surface area (Å²) in [5, 5.41) is 0. The molecular weight excluding hydrogens is 224 g/mol. The van der Waals surface area contributed by atoms with E-state index in [0.717, 1.165) is 25.5 Å². The Balaban J connectivity index is 2.54. The van der Waals surface area contributed by atoms with Crippen LogP contribution in [0.2, 0.25) is 0 Å². The predicted molar refractivity (Wildman–Crippen MR) is 74.5 cm³/mol. The Morgan fingerprint density at radius 2 is 1.94 bits per heavy atom. The minimum Gasteiger partial charge on any atom is -0.303 e. The van der Waals surface area contributed by atoms with Crippen LogP contribution in [0.1, 0.15) is 77.6 Å². The number of ketones is 1. The highest BCUT2D eigenvalue weighted by Crippen LogP contribution is 2.28. The molecule has 0 heterocycles. The number of hydrogen-bond donors (Lipinski definition) is 0. The van der Waals surface area contributed by atoms with Gasteiger partial charge in [-0.3, -0.25) is 4.79 Å². The van der Waals surface area contributed by atoms with Crippen molar-refractivity contribution in [3.8, 4) is 0 Å². The third-order valence-corrected chi connectivity index (χ3v) is 4.20. The zero-order chi connectivity index (χ0) is 13.2. The molecule has 2 nitrogen and oxygen atoms in total. The van der Waals surface area contributed by atoms with Gasteiger partial charge in [0.15, 0.2) is 0 Å². The van der Waals surface area contributed by atoms with E-state index in [0.29, 0.717) is 24.5 Å². The van der Waals surface area contributed by atoms with Crippen molar-refractivity contribution >= 4 is 12.1 Å². The molecule has 0 saturated heterocycles. The first-order valence-electron chi connectivity index (χ1n) is 7.75. The Morgan fingerprint density at radius 1 is 1.17 bits per heavy atom. The molecule has 0 aromatic rings. The van der Waals surface area contributed by atoms with E-state index in [1.165, 1.54) is 38.5 Å². The van der Waals surface area contributed by atoms with Crippen molar-refractivity contribution in [1.82, 2.24) is 0 Å². The summed E-state index contributed by atoms with van der Waals surface area (Å²) in [6, 6.07) is 0. The van der Waals surface area contributed by atoms with Gasteiger partial charge in [-0.1, -0.05) is 45.4 Å².